The molecule has 0 amide bonds. The van der Waals surface area contributed by atoms with Gasteiger partial charge in [-0.3, -0.25) is 0 Å². The molecule has 0 N–H and O–H groups in total. The van der Waals surface area contributed by atoms with E-state index in [0.717, 1.165) is 0 Å². The predicted octanol–water partition coefficient (Wildman–Crippen LogP) is 1.04. The summed E-state index contributed by atoms with van der Waals surface area (Å²) in [5.41, 5.74) is 0. The van der Waals surface area contributed by atoms with Gasteiger partial charge in [0.25, 0.3) is 0 Å². The Kier molecular flexibility index (Phi) is 3.45. The van der Waals surface area contributed by atoms with E-state index in [9.17, 15) is 0 Å². The Morgan fingerprint density at radius 2 is 2.43 bits per heavy atom. The molecule has 0 aromatic rings. The average Bonchev–Trinajstić information content (AvgIpc) is 1.68. The minimum Gasteiger partial charge on any atom is -0.381 e. The zero-order valence-electron chi connectivity index (χ0n) is 4.77. The third-order valence-corrected chi connectivity index (χ3v) is 0.808. The van der Waals surface area contributed by atoms with Crippen LogP contribution in [-0.2, 0) is 4.74 Å². The summed E-state index contributed by atoms with van der Waals surface area (Å²) in [5.74, 6) is 2.49. The molecule has 0 aromatic heterocycles. The van der Waals surface area contributed by atoms with E-state index in [1.54, 1.807) is 7.11 Å². The molecule has 1 heteroatoms. The highest BCUT2D eigenvalue weighted by molar-refractivity contribution is 4.85. The van der Waals surface area contributed by atoms with Crippen molar-refractivity contribution in [1.29, 1.82) is 0 Å². The molecule has 0 saturated carbocycles. The molecule has 40 valence electrons. The quantitative estimate of drug-likeness (QED) is 0.469. The largest absolute Gasteiger partial charge is 0.381 e. The minimum atomic E-state index is 0.213. The minimum absolute atomic E-state index is 0.213. The monoisotopic (exact) mass is 98.1 g/mol. The second-order valence-corrected chi connectivity index (χ2v) is 1.45. The fourth-order valence-electron chi connectivity index (χ4n) is 0.249. The van der Waals surface area contributed by atoms with Crippen LogP contribution >= 0.6 is 0 Å². The van der Waals surface area contributed by atoms with Crippen molar-refractivity contribution in [3.8, 4) is 12.3 Å². The van der Waals surface area contributed by atoms with Gasteiger partial charge in [-0.2, -0.15) is 0 Å². The highest BCUT2D eigenvalue weighted by atomic mass is 16.5. The second kappa shape index (κ2) is 3.70. The first-order chi connectivity index (χ1) is 3.31. The molecule has 0 aliphatic carbocycles. The molecule has 1 unspecified atom stereocenters. The van der Waals surface area contributed by atoms with Gasteiger partial charge in [-0.05, 0) is 6.92 Å². The third kappa shape index (κ3) is 3.35. The van der Waals surface area contributed by atoms with Crippen molar-refractivity contribution in [2.75, 3.05) is 7.11 Å². The summed E-state index contributed by atoms with van der Waals surface area (Å²) in [5, 5.41) is 0. The van der Waals surface area contributed by atoms with Gasteiger partial charge in [0.15, 0.2) is 0 Å². The molecule has 0 saturated heterocycles. The normalized spacial score (nSPS) is 12.7. The van der Waals surface area contributed by atoms with Gasteiger partial charge in [0, 0.05) is 13.5 Å². The molecule has 0 heterocycles. The van der Waals surface area contributed by atoms with Crippen molar-refractivity contribution >= 4 is 0 Å². The van der Waals surface area contributed by atoms with E-state index in [1.165, 1.54) is 0 Å². The summed E-state index contributed by atoms with van der Waals surface area (Å²) < 4.78 is 4.85. The standard InChI is InChI=1S/C6H10O/c1-4-5-6(2)7-3/h1,6H,5H2,2-3H3. The van der Waals surface area contributed by atoms with E-state index in [4.69, 9.17) is 11.2 Å². The summed E-state index contributed by atoms with van der Waals surface area (Å²) >= 11 is 0. The van der Waals surface area contributed by atoms with Crippen LogP contribution in [-0.4, -0.2) is 13.2 Å². The number of hydrogen-bond donors (Lipinski definition) is 0. The molecule has 0 spiro atoms. The number of methoxy groups -OCH3 is 1. The molecule has 0 aliphatic heterocycles. The van der Waals surface area contributed by atoms with Gasteiger partial charge in [-0.15, -0.1) is 12.3 Å². The lowest BCUT2D eigenvalue weighted by Crippen LogP contribution is -2.01. The van der Waals surface area contributed by atoms with E-state index in [1.807, 2.05) is 6.92 Å². The highest BCUT2D eigenvalue weighted by Gasteiger charge is 1.91. The van der Waals surface area contributed by atoms with Crippen LogP contribution in [0.25, 0.3) is 0 Å². The van der Waals surface area contributed by atoms with E-state index in [2.05, 4.69) is 5.92 Å². The van der Waals surface area contributed by atoms with Crippen molar-refractivity contribution in [2.24, 2.45) is 0 Å². The second-order valence-electron chi connectivity index (χ2n) is 1.45. The van der Waals surface area contributed by atoms with Crippen LogP contribution in [0.4, 0.5) is 0 Å². The Labute approximate surface area is 44.7 Å². The van der Waals surface area contributed by atoms with E-state index in [0.29, 0.717) is 6.42 Å². The molecule has 7 heavy (non-hydrogen) atoms. The van der Waals surface area contributed by atoms with Crippen molar-refractivity contribution in [3.05, 3.63) is 0 Å². The first-order valence-corrected chi connectivity index (χ1v) is 2.27. The molecular weight excluding hydrogens is 88.1 g/mol. The average molecular weight is 98.1 g/mol. The number of rotatable bonds is 2. The van der Waals surface area contributed by atoms with Gasteiger partial charge < -0.3 is 4.74 Å². The predicted molar refractivity (Wildman–Crippen MR) is 29.9 cm³/mol. The Morgan fingerprint density at radius 3 is 2.57 bits per heavy atom. The van der Waals surface area contributed by atoms with Crippen LogP contribution < -0.4 is 0 Å². The zero-order valence-corrected chi connectivity index (χ0v) is 4.77. The molecule has 0 radical (unpaired) electrons. The molecule has 1 atom stereocenters. The van der Waals surface area contributed by atoms with Crippen LogP contribution in [0, 0.1) is 12.3 Å². The van der Waals surface area contributed by atoms with Gasteiger partial charge in [0.05, 0.1) is 6.10 Å². The first kappa shape index (κ1) is 6.52. The third-order valence-electron chi connectivity index (χ3n) is 0.808. The maximum atomic E-state index is 4.97. The number of hydrogen-bond acceptors (Lipinski definition) is 1. The summed E-state index contributed by atoms with van der Waals surface area (Å²) in [4.78, 5) is 0. The maximum Gasteiger partial charge on any atom is 0.0652 e. The molecular formula is C6H10O. The van der Waals surface area contributed by atoms with Crippen molar-refractivity contribution in [3.63, 3.8) is 0 Å². The van der Waals surface area contributed by atoms with Gasteiger partial charge in [-0.25, -0.2) is 0 Å². The number of ether oxygens (including phenoxy) is 1. The maximum absolute atomic E-state index is 4.97. The first-order valence-electron chi connectivity index (χ1n) is 2.27. The Bertz CT molecular complexity index is 70.7. The van der Waals surface area contributed by atoms with Crippen molar-refractivity contribution in [1.82, 2.24) is 0 Å². The highest BCUT2D eigenvalue weighted by Crippen LogP contribution is 1.90. The molecule has 0 aromatic carbocycles. The van der Waals surface area contributed by atoms with Crippen LogP contribution in [0.3, 0.4) is 0 Å². The zero-order chi connectivity index (χ0) is 5.70. The summed E-state index contributed by atoms with van der Waals surface area (Å²) in [6.07, 6.45) is 5.89. The summed E-state index contributed by atoms with van der Waals surface area (Å²) in [6.45, 7) is 1.94. The topological polar surface area (TPSA) is 9.23 Å². The van der Waals surface area contributed by atoms with Gasteiger partial charge in [-0.1, -0.05) is 0 Å². The van der Waals surface area contributed by atoms with Crippen molar-refractivity contribution < 1.29 is 4.74 Å². The fourth-order valence-corrected chi connectivity index (χ4v) is 0.249. The van der Waals surface area contributed by atoms with Crippen LogP contribution in [0.2, 0.25) is 0 Å². The lowest BCUT2D eigenvalue weighted by molar-refractivity contribution is 0.123. The fraction of sp³-hybridized carbons (Fsp3) is 0.667. The number of terminal acetylenes is 1. The van der Waals surface area contributed by atoms with Crippen LogP contribution in [0.15, 0.2) is 0 Å². The van der Waals surface area contributed by atoms with Gasteiger partial charge in [0.2, 0.25) is 0 Å². The Balaban J connectivity index is 3.03. The van der Waals surface area contributed by atoms with Crippen molar-refractivity contribution in [2.45, 2.75) is 19.4 Å². The smallest absolute Gasteiger partial charge is 0.0652 e. The molecule has 0 bridgehead atoms. The molecule has 0 rings (SSSR count). The van der Waals surface area contributed by atoms with E-state index >= 15 is 0 Å². The van der Waals surface area contributed by atoms with E-state index in [-0.39, 0.29) is 6.10 Å². The van der Waals surface area contributed by atoms with Gasteiger partial charge in [0.1, 0.15) is 0 Å². The van der Waals surface area contributed by atoms with E-state index < -0.39 is 0 Å². The van der Waals surface area contributed by atoms with Crippen LogP contribution in [0.1, 0.15) is 13.3 Å². The SMILES string of the molecule is C#CCC(C)OC. The lowest BCUT2D eigenvalue weighted by Gasteiger charge is -2.01. The Morgan fingerprint density at radius 1 is 1.86 bits per heavy atom. The summed E-state index contributed by atoms with van der Waals surface area (Å²) in [6, 6.07) is 0. The Hall–Kier alpha value is -0.480. The molecule has 1 nitrogen and oxygen atoms in total. The summed E-state index contributed by atoms with van der Waals surface area (Å²) in [7, 11) is 1.65. The molecule has 0 fully saturated rings. The van der Waals surface area contributed by atoms with Gasteiger partial charge >= 0.3 is 0 Å². The molecule has 0 aliphatic rings. The van der Waals surface area contributed by atoms with Crippen LogP contribution in [0.5, 0.6) is 0 Å². The lowest BCUT2D eigenvalue weighted by atomic mass is 10.3.